The number of rotatable bonds is 14. The zero-order valence-corrected chi connectivity index (χ0v) is 27.6. The first kappa shape index (κ1) is 31.0. The Bertz CT molecular complexity index is 1670. The van der Waals surface area contributed by atoms with Crippen LogP contribution in [-0.2, 0) is 5.41 Å². The summed E-state index contributed by atoms with van der Waals surface area (Å²) < 4.78 is 12.4. The fraction of sp³-hybridized carbons (Fsp3) is 0.349. The van der Waals surface area contributed by atoms with Crippen molar-refractivity contribution in [1.82, 2.24) is 0 Å². The summed E-state index contributed by atoms with van der Waals surface area (Å²) in [6.07, 6.45) is 9.63. The van der Waals surface area contributed by atoms with Crippen LogP contribution < -0.4 is 9.47 Å². The van der Waals surface area contributed by atoms with E-state index in [-0.39, 0.29) is 0 Å². The highest BCUT2D eigenvalue weighted by molar-refractivity contribution is 6.05. The van der Waals surface area contributed by atoms with Gasteiger partial charge in [0.2, 0.25) is 0 Å². The van der Waals surface area contributed by atoms with Crippen LogP contribution in [-0.4, -0.2) is 13.2 Å². The minimum Gasteiger partial charge on any atom is -0.494 e. The Labute approximate surface area is 270 Å². The van der Waals surface area contributed by atoms with E-state index in [4.69, 9.17) is 9.47 Å². The van der Waals surface area contributed by atoms with Gasteiger partial charge in [0.1, 0.15) is 11.5 Å². The van der Waals surface area contributed by atoms with Gasteiger partial charge in [0.25, 0.3) is 0 Å². The van der Waals surface area contributed by atoms with Crippen molar-refractivity contribution in [2.45, 2.75) is 84.5 Å². The summed E-state index contributed by atoms with van der Waals surface area (Å²) in [7, 11) is 0. The molecule has 0 aromatic heterocycles. The molecule has 0 atom stereocenters. The molecule has 0 heterocycles. The smallest absolute Gasteiger partial charge is 0.119 e. The number of hydrogen-bond donors (Lipinski definition) is 0. The molecule has 5 aromatic carbocycles. The van der Waals surface area contributed by atoms with E-state index in [9.17, 15) is 0 Å². The zero-order chi connectivity index (χ0) is 31.2. The molecular formula is C43H48O2. The fourth-order valence-corrected chi connectivity index (χ4v) is 7.30. The highest BCUT2D eigenvalue weighted by Crippen LogP contribution is 2.58. The van der Waals surface area contributed by atoms with Gasteiger partial charge >= 0.3 is 0 Å². The van der Waals surface area contributed by atoms with Crippen molar-refractivity contribution in [3.63, 3.8) is 0 Å². The molecule has 2 heteroatoms. The molecule has 0 radical (unpaired) electrons. The lowest BCUT2D eigenvalue weighted by atomic mass is 9.67. The van der Waals surface area contributed by atoms with Crippen LogP contribution >= 0.6 is 0 Å². The summed E-state index contributed by atoms with van der Waals surface area (Å²) in [4.78, 5) is 0. The Kier molecular flexibility index (Phi) is 9.59. The van der Waals surface area contributed by atoms with E-state index in [1.807, 2.05) is 0 Å². The van der Waals surface area contributed by atoms with Crippen LogP contribution in [0.1, 0.15) is 98.6 Å². The molecule has 5 aromatic rings. The molecule has 1 aliphatic carbocycles. The number of unbranched alkanes of at least 4 members (excludes halogenated alkanes) is 6. The SMILES string of the molecule is CCCCCCOc1ccc(C2(c3ccc(OCCCCCC)cc3)c3cc(C)ccc3-c3c2cc(C)c2ccccc32)cc1. The van der Waals surface area contributed by atoms with E-state index in [0.29, 0.717) is 0 Å². The van der Waals surface area contributed by atoms with Crippen molar-refractivity contribution in [2.24, 2.45) is 0 Å². The lowest BCUT2D eigenvalue weighted by Crippen LogP contribution is -2.28. The van der Waals surface area contributed by atoms with Gasteiger partial charge in [0.05, 0.1) is 18.6 Å². The van der Waals surface area contributed by atoms with Crippen molar-refractivity contribution in [3.8, 4) is 22.6 Å². The van der Waals surface area contributed by atoms with Gasteiger partial charge in [-0.25, -0.2) is 0 Å². The summed E-state index contributed by atoms with van der Waals surface area (Å²) in [5.41, 5.74) is 9.98. The van der Waals surface area contributed by atoms with E-state index < -0.39 is 5.41 Å². The number of hydrogen-bond acceptors (Lipinski definition) is 2. The minimum atomic E-state index is -0.467. The molecule has 0 saturated heterocycles. The molecule has 1 aliphatic rings. The van der Waals surface area contributed by atoms with Crippen LogP contribution in [0.4, 0.5) is 0 Å². The molecule has 0 N–H and O–H groups in total. The highest BCUT2D eigenvalue weighted by Gasteiger charge is 2.47. The summed E-state index contributed by atoms with van der Waals surface area (Å²) in [5, 5.41) is 2.63. The monoisotopic (exact) mass is 596 g/mol. The van der Waals surface area contributed by atoms with Gasteiger partial charge < -0.3 is 9.47 Å². The van der Waals surface area contributed by atoms with Crippen molar-refractivity contribution in [3.05, 3.63) is 130 Å². The Morgan fingerprint density at radius 2 is 1.09 bits per heavy atom. The van der Waals surface area contributed by atoms with Gasteiger partial charge in [-0.2, -0.15) is 0 Å². The summed E-state index contributed by atoms with van der Waals surface area (Å²) >= 11 is 0. The maximum Gasteiger partial charge on any atom is 0.119 e. The van der Waals surface area contributed by atoms with E-state index in [1.165, 1.54) is 93.8 Å². The van der Waals surface area contributed by atoms with Gasteiger partial charge in [-0.15, -0.1) is 0 Å². The predicted molar refractivity (Wildman–Crippen MR) is 190 cm³/mol. The molecular weight excluding hydrogens is 548 g/mol. The molecule has 0 unspecified atom stereocenters. The first-order valence-electron chi connectivity index (χ1n) is 17.2. The first-order chi connectivity index (χ1) is 22.1. The normalized spacial score (nSPS) is 13.1. The van der Waals surface area contributed by atoms with Crippen LogP contribution in [0.15, 0.2) is 97.1 Å². The third kappa shape index (κ3) is 6.00. The second-order valence-electron chi connectivity index (χ2n) is 12.8. The van der Waals surface area contributed by atoms with Gasteiger partial charge in [-0.1, -0.05) is 131 Å². The second kappa shape index (κ2) is 13.9. The quantitative estimate of drug-likeness (QED) is 0.116. The molecule has 45 heavy (non-hydrogen) atoms. The van der Waals surface area contributed by atoms with Crippen LogP contribution in [0.25, 0.3) is 21.9 Å². The number of aryl methyl sites for hydroxylation is 2. The Morgan fingerprint density at radius 1 is 0.533 bits per heavy atom. The highest BCUT2D eigenvalue weighted by atomic mass is 16.5. The second-order valence-corrected chi connectivity index (χ2v) is 12.8. The van der Waals surface area contributed by atoms with Gasteiger partial charge in [-0.05, 0) is 101 Å². The standard InChI is InChI=1S/C43H48O2/c1-5-7-9-13-27-44-35-22-18-33(19-23-35)43(34-20-24-36(25-21-34)45-28-14-10-8-6-2)40-29-31(3)17-26-39(40)42-38-16-12-11-15-37(38)32(4)30-41(42)43/h11-12,15-26,29-30H,5-10,13-14,27-28H2,1-4H3. The first-order valence-corrected chi connectivity index (χ1v) is 17.2. The number of benzene rings is 5. The molecule has 0 amide bonds. The predicted octanol–water partition coefficient (Wildman–Crippen LogP) is 11.7. The van der Waals surface area contributed by atoms with E-state index in [0.717, 1.165) is 37.6 Å². The maximum atomic E-state index is 6.20. The maximum absolute atomic E-state index is 6.20. The molecule has 2 nitrogen and oxygen atoms in total. The molecule has 0 spiro atoms. The summed E-state index contributed by atoms with van der Waals surface area (Å²) in [5.74, 6) is 1.88. The summed E-state index contributed by atoms with van der Waals surface area (Å²) in [6, 6.07) is 36.2. The Morgan fingerprint density at radius 3 is 1.64 bits per heavy atom. The van der Waals surface area contributed by atoms with E-state index >= 15 is 0 Å². The molecule has 0 aliphatic heterocycles. The van der Waals surface area contributed by atoms with Crippen molar-refractivity contribution >= 4 is 10.8 Å². The van der Waals surface area contributed by atoms with Crippen molar-refractivity contribution in [1.29, 1.82) is 0 Å². The minimum absolute atomic E-state index is 0.467. The molecule has 0 fully saturated rings. The number of ether oxygens (including phenoxy) is 2. The van der Waals surface area contributed by atoms with Gasteiger partial charge in [-0.3, -0.25) is 0 Å². The molecule has 232 valence electrons. The van der Waals surface area contributed by atoms with Gasteiger partial charge in [0, 0.05) is 0 Å². The molecule has 0 bridgehead atoms. The Balaban J connectivity index is 1.49. The van der Waals surface area contributed by atoms with Crippen LogP contribution in [0, 0.1) is 13.8 Å². The largest absolute Gasteiger partial charge is 0.494 e. The zero-order valence-electron chi connectivity index (χ0n) is 27.6. The van der Waals surface area contributed by atoms with Crippen molar-refractivity contribution < 1.29 is 9.47 Å². The number of fused-ring (bicyclic) bond motifs is 5. The third-order valence-corrected chi connectivity index (χ3v) is 9.61. The molecule has 0 saturated carbocycles. The average molecular weight is 597 g/mol. The molecule has 6 rings (SSSR count). The fourth-order valence-electron chi connectivity index (χ4n) is 7.30. The summed E-state index contributed by atoms with van der Waals surface area (Å²) in [6.45, 7) is 10.5. The average Bonchev–Trinajstić information content (AvgIpc) is 3.35. The third-order valence-electron chi connectivity index (χ3n) is 9.61. The van der Waals surface area contributed by atoms with Crippen molar-refractivity contribution in [2.75, 3.05) is 13.2 Å². The lowest BCUT2D eigenvalue weighted by Gasteiger charge is -2.34. The topological polar surface area (TPSA) is 18.5 Å². The van der Waals surface area contributed by atoms with Crippen LogP contribution in [0.2, 0.25) is 0 Å². The lowest BCUT2D eigenvalue weighted by molar-refractivity contribution is 0.305. The van der Waals surface area contributed by atoms with E-state index in [2.05, 4.69) is 125 Å². The van der Waals surface area contributed by atoms with Crippen LogP contribution in [0.3, 0.4) is 0 Å². The van der Waals surface area contributed by atoms with E-state index in [1.54, 1.807) is 0 Å². The Hall–Kier alpha value is -4.04. The van der Waals surface area contributed by atoms with Gasteiger partial charge in [0.15, 0.2) is 0 Å². The van der Waals surface area contributed by atoms with Crippen LogP contribution in [0.5, 0.6) is 11.5 Å².